The van der Waals surface area contributed by atoms with Crippen molar-refractivity contribution in [1.82, 2.24) is 0 Å². The van der Waals surface area contributed by atoms with Gasteiger partial charge in [0.25, 0.3) is 5.69 Å². The van der Waals surface area contributed by atoms with Crippen LogP contribution >= 0.6 is 0 Å². The zero-order chi connectivity index (χ0) is 14.7. The Labute approximate surface area is 114 Å². The van der Waals surface area contributed by atoms with Crippen LogP contribution in [0.4, 0.5) is 5.69 Å². The van der Waals surface area contributed by atoms with Crippen molar-refractivity contribution in [1.29, 1.82) is 0 Å². The van der Waals surface area contributed by atoms with Gasteiger partial charge in [-0.1, -0.05) is 18.2 Å². The summed E-state index contributed by atoms with van der Waals surface area (Å²) in [7, 11) is 0. The normalized spacial score (nSPS) is 10.2. The number of nitrogens with zero attached hydrogens (tertiary/aromatic N) is 1. The molecule has 0 aliphatic rings. The SMILES string of the molecule is O=C(O)Cc1ccc(-c2ccc(O)cc2)c([N+](=O)[O-])c1. The first kappa shape index (κ1) is 13.5. The molecule has 0 unspecified atom stereocenters. The number of aromatic hydroxyl groups is 1. The minimum absolute atomic E-state index is 0.0684. The van der Waals surface area contributed by atoms with Crippen LogP contribution in [0, 0.1) is 10.1 Å². The lowest BCUT2D eigenvalue weighted by atomic mass is 10.0. The van der Waals surface area contributed by atoms with Crippen molar-refractivity contribution >= 4 is 11.7 Å². The largest absolute Gasteiger partial charge is 0.508 e. The highest BCUT2D eigenvalue weighted by Gasteiger charge is 2.17. The summed E-state index contributed by atoms with van der Waals surface area (Å²) in [5.41, 5.74) is 1.17. The van der Waals surface area contributed by atoms with Gasteiger partial charge in [-0.2, -0.15) is 0 Å². The van der Waals surface area contributed by atoms with Crippen molar-refractivity contribution in [2.45, 2.75) is 6.42 Å². The van der Waals surface area contributed by atoms with E-state index in [0.29, 0.717) is 16.7 Å². The predicted octanol–water partition coefficient (Wildman–Crippen LogP) is 2.59. The van der Waals surface area contributed by atoms with E-state index in [-0.39, 0.29) is 17.9 Å². The van der Waals surface area contributed by atoms with Gasteiger partial charge in [-0.3, -0.25) is 14.9 Å². The molecule has 2 rings (SSSR count). The number of carbonyl (C=O) groups is 1. The summed E-state index contributed by atoms with van der Waals surface area (Å²) < 4.78 is 0. The minimum Gasteiger partial charge on any atom is -0.508 e. The minimum atomic E-state index is -1.04. The second-order valence-electron chi connectivity index (χ2n) is 4.23. The van der Waals surface area contributed by atoms with Gasteiger partial charge in [-0.25, -0.2) is 0 Å². The van der Waals surface area contributed by atoms with Crippen LogP contribution in [-0.4, -0.2) is 21.1 Å². The van der Waals surface area contributed by atoms with Gasteiger partial charge in [0.15, 0.2) is 0 Å². The molecule has 0 radical (unpaired) electrons. The van der Waals surface area contributed by atoms with E-state index in [4.69, 9.17) is 5.11 Å². The number of aliphatic carboxylic acids is 1. The first-order valence-corrected chi connectivity index (χ1v) is 5.76. The molecule has 20 heavy (non-hydrogen) atoms. The van der Waals surface area contributed by atoms with E-state index in [9.17, 15) is 20.0 Å². The molecule has 0 atom stereocenters. The smallest absolute Gasteiger partial charge is 0.307 e. The number of rotatable bonds is 4. The highest BCUT2D eigenvalue weighted by atomic mass is 16.6. The topological polar surface area (TPSA) is 101 Å². The molecule has 0 bridgehead atoms. The zero-order valence-corrected chi connectivity index (χ0v) is 10.3. The van der Waals surface area contributed by atoms with Gasteiger partial charge in [0.1, 0.15) is 5.75 Å². The number of benzene rings is 2. The van der Waals surface area contributed by atoms with Crippen molar-refractivity contribution in [3.8, 4) is 16.9 Å². The van der Waals surface area contributed by atoms with Crippen LogP contribution in [0.3, 0.4) is 0 Å². The molecule has 0 aliphatic carbocycles. The molecule has 102 valence electrons. The molecule has 0 spiro atoms. The van der Waals surface area contributed by atoms with Crippen LogP contribution in [0.5, 0.6) is 5.75 Å². The Balaban J connectivity index is 2.50. The first-order valence-electron chi connectivity index (χ1n) is 5.76. The maximum atomic E-state index is 11.1. The van der Waals surface area contributed by atoms with E-state index in [1.54, 1.807) is 18.2 Å². The monoisotopic (exact) mass is 273 g/mol. The first-order chi connectivity index (χ1) is 9.47. The number of hydrogen-bond acceptors (Lipinski definition) is 4. The molecule has 2 aromatic rings. The van der Waals surface area contributed by atoms with Crippen molar-refractivity contribution in [3.63, 3.8) is 0 Å². The van der Waals surface area contributed by atoms with Gasteiger partial charge in [0.05, 0.1) is 16.9 Å². The van der Waals surface area contributed by atoms with Crippen molar-refractivity contribution < 1.29 is 19.9 Å². The van der Waals surface area contributed by atoms with Crippen molar-refractivity contribution in [2.75, 3.05) is 0 Å². The third-order valence-electron chi connectivity index (χ3n) is 2.79. The lowest BCUT2D eigenvalue weighted by molar-refractivity contribution is -0.384. The average Bonchev–Trinajstić information content (AvgIpc) is 2.39. The van der Waals surface area contributed by atoms with E-state index in [1.165, 1.54) is 24.3 Å². The van der Waals surface area contributed by atoms with Crippen LogP contribution < -0.4 is 0 Å². The van der Waals surface area contributed by atoms with Gasteiger partial charge in [-0.05, 0) is 29.3 Å². The van der Waals surface area contributed by atoms with Gasteiger partial charge in [-0.15, -0.1) is 0 Å². The number of phenolic OH excluding ortho intramolecular Hbond substituents is 1. The highest BCUT2D eigenvalue weighted by molar-refractivity contribution is 5.76. The van der Waals surface area contributed by atoms with Gasteiger partial charge in [0, 0.05) is 6.07 Å². The lowest BCUT2D eigenvalue weighted by Crippen LogP contribution is -2.01. The fourth-order valence-corrected chi connectivity index (χ4v) is 1.90. The maximum Gasteiger partial charge on any atom is 0.307 e. The summed E-state index contributed by atoms with van der Waals surface area (Å²) in [6, 6.07) is 10.3. The fourth-order valence-electron chi connectivity index (χ4n) is 1.90. The number of phenols is 1. The van der Waals surface area contributed by atoms with Crippen LogP contribution in [0.15, 0.2) is 42.5 Å². The molecule has 0 amide bonds. The van der Waals surface area contributed by atoms with Gasteiger partial charge >= 0.3 is 5.97 Å². The molecular formula is C14H11NO5. The molecule has 0 fully saturated rings. The molecule has 0 heterocycles. The highest BCUT2D eigenvalue weighted by Crippen LogP contribution is 2.31. The summed E-state index contributed by atoms with van der Waals surface area (Å²) >= 11 is 0. The number of carboxylic acids is 1. The summed E-state index contributed by atoms with van der Waals surface area (Å²) in [4.78, 5) is 21.2. The Hall–Kier alpha value is -2.89. The molecule has 6 heteroatoms. The maximum absolute atomic E-state index is 11.1. The van der Waals surface area contributed by atoms with Crippen molar-refractivity contribution in [3.05, 3.63) is 58.1 Å². The molecule has 6 nitrogen and oxygen atoms in total. The van der Waals surface area contributed by atoms with Gasteiger partial charge in [0.2, 0.25) is 0 Å². The number of hydrogen-bond donors (Lipinski definition) is 2. The Morgan fingerprint density at radius 1 is 1.15 bits per heavy atom. The molecular weight excluding hydrogens is 262 g/mol. The molecule has 0 aromatic heterocycles. The van der Waals surface area contributed by atoms with E-state index in [2.05, 4.69) is 0 Å². The third-order valence-corrected chi connectivity index (χ3v) is 2.79. The molecule has 2 N–H and O–H groups in total. The summed E-state index contributed by atoms with van der Waals surface area (Å²) in [5.74, 6) is -0.976. The predicted molar refractivity (Wildman–Crippen MR) is 71.5 cm³/mol. The molecule has 0 saturated heterocycles. The van der Waals surface area contributed by atoms with E-state index in [0.717, 1.165) is 0 Å². The van der Waals surface area contributed by atoms with Gasteiger partial charge < -0.3 is 10.2 Å². The Kier molecular flexibility index (Phi) is 3.65. The summed E-state index contributed by atoms with van der Waals surface area (Å²) in [5, 5.41) is 29.1. The summed E-state index contributed by atoms with van der Waals surface area (Å²) in [6.45, 7) is 0. The van der Waals surface area contributed by atoms with E-state index < -0.39 is 10.9 Å². The Morgan fingerprint density at radius 3 is 2.35 bits per heavy atom. The molecule has 0 saturated carbocycles. The third kappa shape index (κ3) is 2.92. The number of carboxylic acid groups (broad SMARTS) is 1. The second kappa shape index (κ2) is 5.40. The number of nitro benzene ring substituents is 1. The second-order valence-corrected chi connectivity index (χ2v) is 4.23. The Morgan fingerprint density at radius 2 is 1.80 bits per heavy atom. The standard InChI is InChI=1S/C14H11NO5/c16-11-4-2-10(3-5-11)12-6-1-9(8-14(17)18)7-13(12)15(19)20/h1-7,16H,8H2,(H,17,18). The molecule has 2 aromatic carbocycles. The average molecular weight is 273 g/mol. The van der Waals surface area contributed by atoms with Crippen LogP contribution in [0.2, 0.25) is 0 Å². The van der Waals surface area contributed by atoms with E-state index in [1.807, 2.05) is 0 Å². The van der Waals surface area contributed by atoms with Crippen LogP contribution in [0.25, 0.3) is 11.1 Å². The molecule has 0 aliphatic heterocycles. The summed E-state index contributed by atoms with van der Waals surface area (Å²) in [6.07, 6.45) is -0.267. The van der Waals surface area contributed by atoms with E-state index >= 15 is 0 Å². The zero-order valence-electron chi connectivity index (χ0n) is 10.3. The van der Waals surface area contributed by atoms with Crippen LogP contribution in [-0.2, 0) is 11.2 Å². The Bertz CT molecular complexity index is 664. The number of nitro groups is 1. The van der Waals surface area contributed by atoms with Crippen LogP contribution in [0.1, 0.15) is 5.56 Å². The lowest BCUT2D eigenvalue weighted by Gasteiger charge is -2.05. The quantitative estimate of drug-likeness (QED) is 0.658. The van der Waals surface area contributed by atoms with Crippen molar-refractivity contribution in [2.24, 2.45) is 0 Å². The fraction of sp³-hybridized carbons (Fsp3) is 0.0714.